The standard InChI is InChI=1S/C7H14O.C6H10O4/c1-7(8)5-3-2-4-6-7;7-5(8)3-1-2-4-6(9)10/h8H,2-6H2,1H3;1-4H2,(H,7,8)(H,9,10). The number of rotatable bonds is 5. The lowest BCUT2D eigenvalue weighted by molar-refractivity contribution is -0.139. The highest BCUT2D eigenvalue weighted by Gasteiger charge is 2.22. The Morgan fingerprint density at radius 3 is 1.56 bits per heavy atom. The monoisotopic (exact) mass is 260 g/mol. The van der Waals surface area contributed by atoms with Gasteiger partial charge < -0.3 is 15.3 Å². The van der Waals surface area contributed by atoms with E-state index in [2.05, 4.69) is 0 Å². The molecular weight excluding hydrogens is 236 g/mol. The molecule has 0 radical (unpaired) electrons. The molecule has 0 aromatic carbocycles. The van der Waals surface area contributed by atoms with Gasteiger partial charge in [0.1, 0.15) is 0 Å². The van der Waals surface area contributed by atoms with Crippen molar-refractivity contribution in [2.45, 2.75) is 70.3 Å². The fourth-order valence-corrected chi connectivity index (χ4v) is 1.87. The van der Waals surface area contributed by atoms with E-state index in [1.54, 1.807) is 0 Å². The Morgan fingerprint density at radius 2 is 1.33 bits per heavy atom. The van der Waals surface area contributed by atoms with Crippen molar-refractivity contribution in [1.82, 2.24) is 0 Å². The largest absolute Gasteiger partial charge is 0.481 e. The van der Waals surface area contributed by atoms with Crippen molar-refractivity contribution in [3.8, 4) is 0 Å². The van der Waals surface area contributed by atoms with Crippen molar-refractivity contribution in [3.63, 3.8) is 0 Å². The van der Waals surface area contributed by atoms with Crippen molar-refractivity contribution >= 4 is 11.9 Å². The molecule has 0 aromatic rings. The molecule has 1 saturated carbocycles. The zero-order valence-corrected chi connectivity index (χ0v) is 11.0. The number of carboxylic acids is 2. The maximum atomic E-state index is 9.90. The number of carbonyl (C=O) groups is 2. The molecule has 106 valence electrons. The molecule has 3 N–H and O–H groups in total. The van der Waals surface area contributed by atoms with Gasteiger partial charge in [-0.05, 0) is 32.6 Å². The summed E-state index contributed by atoms with van der Waals surface area (Å²) in [5.41, 5.74) is -0.321. The lowest BCUT2D eigenvalue weighted by atomic mass is 9.87. The zero-order chi connectivity index (χ0) is 14.0. The van der Waals surface area contributed by atoms with Crippen LogP contribution in [0, 0.1) is 0 Å². The molecule has 0 spiro atoms. The number of hydrogen-bond acceptors (Lipinski definition) is 3. The van der Waals surface area contributed by atoms with Crippen LogP contribution in [-0.2, 0) is 9.59 Å². The summed E-state index contributed by atoms with van der Waals surface area (Å²) in [7, 11) is 0. The van der Waals surface area contributed by atoms with E-state index in [9.17, 15) is 14.7 Å². The van der Waals surface area contributed by atoms with Gasteiger partial charge in [0.25, 0.3) is 0 Å². The number of aliphatic carboxylic acids is 2. The van der Waals surface area contributed by atoms with Gasteiger partial charge in [0.05, 0.1) is 5.60 Å². The molecule has 0 aromatic heterocycles. The summed E-state index contributed by atoms with van der Waals surface area (Å²) in [6.07, 6.45) is 6.78. The fourth-order valence-electron chi connectivity index (χ4n) is 1.87. The highest BCUT2D eigenvalue weighted by Crippen LogP contribution is 2.26. The first-order valence-electron chi connectivity index (χ1n) is 6.49. The second kappa shape index (κ2) is 8.91. The molecule has 0 heterocycles. The first-order valence-corrected chi connectivity index (χ1v) is 6.49. The summed E-state index contributed by atoms with van der Waals surface area (Å²) >= 11 is 0. The van der Waals surface area contributed by atoms with Crippen LogP contribution < -0.4 is 0 Å². The lowest BCUT2D eigenvalue weighted by Crippen LogP contribution is -2.26. The van der Waals surface area contributed by atoms with Crippen LogP contribution in [0.2, 0.25) is 0 Å². The Labute approximate surface area is 108 Å². The quantitative estimate of drug-likeness (QED) is 0.660. The topological polar surface area (TPSA) is 94.8 Å². The Kier molecular flexibility index (Phi) is 8.37. The first-order chi connectivity index (χ1) is 8.33. The number of carboxylic acid groups (broad SMARTS) is 2. The van der Waals surface area contributed by atoms with Crippen molar-refractivity contribution in [2.24, 2.45) is 0 Å². The third-order valence-electron chi connectivity index (χ3n) is 2.96. The Balaban J connectivity index is 0.000000327. The van der Waals surface area contributed by atoms with Gasteiger partial charge in [-0.15, -0.1) is 0 Å². The van der Waals surface area contributed by atoms with Crippen LogP contribution >= 0.6 is 0 Å². The average Bonchev–Trinajstić information content (AvgIpc) is 2.24. The third-order valence-corrected chi connectivity index (χ3v) is 2.96. The minimum Gasteiger partial charge on any atom is -0.481 e. The van der Waals surface area contributed by atoms with Crippen LogP contribution in [0.4, 0.5) is 0 Å². The third kappa shape index (κ3) is 11.4. The maximum absolute atomic E-state index is 9.90. The summed E-state index contributed by atoms with van der Waals surface area (Å²) in [5, 5.41) is 25.6. The molecule has 0 atom stereocenters. The molecule has 0 amide bonds. The number of hydrogen-bond donors (Lipinski definition) is 3. The number of aliphatic hydroxyl groups is 1. The molecule has 0 unspecified atom stereocenters. The van der Waals surface area contributed by atoms with Crippen LogP contribution in [0.15, 0.2) is 0 Å². The van der Waals surface area contributed by atoms with Gasteiger partial charge in [-0.25, -0.2) is 0 Å². The predicted octanol–water partition coefficient (Wildman–Crippen LogP) is 2.42. The maximum Gasteiger partial charge on any atom is 0.303 e. The van der Waals surface area contributed by atoms with Crippen molar-refractivity contribution in [2.75, 3.05) is 0 Å². The minimum atomic E-state index is -0.870. The molecule has 1 aliphatic carbocycles. The molecule has 0 aliphatic heterocycles. The first kappa shape index (κ1) is 16.9. The Bertz CT molecular complexity index is 236. The van der Waals surface area contributed by atoms with Crippen molar-refractivity contribution < 1.29 is 24.9 Å². The highest BCUT2D eigenvalue weighted by molar-refractivity contribution is 5.67. The van der Waals surface area contributed by atoms with Gasteiger partial charge in [-0.3, -0.25) is 9.59 Å². The minimum absolute atomic E-state index is 0.0628. The summed E-state index contributed by atoms with van der Waals surface area (Å²) in [6, 6.07) is 0. The van der Waals surface area contributed by atoms with E-state index in [1.807, 2.05) is 6.92 Å². The predicted molar refractivity (Wildman–Crippen MR) is 67.4 cm³/mol. The number of unbranched alkanes of at least 4 members (excludes halogenated alkanes) is 1. The van der Waals surface area contributed by atoms with Gasteiger partial charge in [0.15, 0.2) is 0 Å². The normalized spacial score (nSPS) is 17.4. The van der Waals surface area contributed by atoms with Gasteiger partial charge in [-0.2, -0.15) is 0 Å². The van der Waals surface area contributed by atoms with E-state index in [0.717, 1.165) is 12.8 Å². The van der Waals surface area contributed by atoms with E-state index in [0.29, 0.717) is 12.8 Å². The Morgan fingerprint density at radius 1 is 0.944 bits per heavy atom. The summed E-state index contributed by atoms with van der Waals surface area (Å²) < 4.78 is 0. The molecule has 0 bridgehead atoms. The molecule has 18 heavy (non-hydrogen) atoms. The summed E-state index contributed by atoms with van der Waals surface area (Å²) in [6.45, 7) is 1.94. The van der Waals surface area contributed by atoms with Crippen LogP contribution in [0.5, 0.6) is 0 Å². The SMILES string of the molecule is CC1(O)CCCCC1.O=C(O)CCCCC(=O)O. The molecule has 5 heteroatoms. The van der Waals surface area contributed by atoms with Gasteiger partial charge in [0, 0.05) is 12.8 Å². The fraction of sp³-hybridized carbons (Fsp3) is 0.846. The van der Waals surface area contributed by atoms with Crippen LogP contribution in [0.1, 0.15) is 64.7 Å². The second-order valence-electron chi connectivity index (χ2n) is 5.05. The van der Waals surface area contributed by atoms with E-state index in [-0.39, 0.29) is 18.4 Å². The average molecular weight is 260 g/mol. The molecule has 0 saturated heterocycles. The van der Waals surface area contributed by atoms with E-state index in [4.69, 9.17) is 10.2 Å². The molecule has 5 nitrogen and oxygen atoms in total. The van der Waals surface area contributed by atoms with E-state index in [1.165, 1.54) is 19.3 Å². The van der Waals surface area contributed by atoms with E-state index < -0.39 is 11.9 Å². The summed E-state index contributed by atoms with van der Waals surface area (Å²) in [4.78, 5) is 19.8. The Hall–Kier alpha value is -1.10. The molecular formula is C13H24O5. The van der Waals surface area contributed by atoms with Crippen LogP contribution in [-0.4, -0.2) is 32.9 Å². The molecule has 1 aliphatic rings. The van der Waals surface area contributed by atoms with E-state index >= 15 is 0 Å². The van der Waals surface area contributed by atoms with Gasteiger partial charge in [-0.1, -0.05) is 19.3 Å². The molecule has 1 fully saturated rings. The van der Waals surface area contributed by atoms with Gasteiger partial charge in [0.2, 0.25) is 0 Å². The summed E-state index contributed by atoms with van der Waals surface area (Å²) in [5.74, 6) is -1.74. The van der Waals surface area contributed by atoms with Gasteiger partial charge >= 0.3 is 11.9 Å². The van der Waals surface area contributed by atoms with Crippen molar-refractivity contribution in [1.29, 1.82) is 0 Å². The lowest BCUT2D eigenvalue weighted by Gasteiger charge is -2.27. The zero-order valence-electron chi connectivity index (χ0n) is 11.0. The second-order valence-corrected chi connectivity index (χ2v) is 5.05. The molecule has 1 rings (SSSR count). The van der Waals surface area contributed by atoms with Crippen molar-refractivity contribution in [3.05, 3.63) is 0 Å². The van der Waals surface area contributed by atoms with Crippen LogP contribution in [0.25, 0.3) is 0 Å². The smallest absolute Gasteiger partial charge is 0.303 e. The van der Waals surface area contributed by atoms with Crippen LogP contribution in [0.3, 0.4) is 0 Å². The highest BCUT2D eigenvalue weighted by atomic mass is 16.4.